The number of hydrogen-bond acceptors (Lipinski definition) is 3. The van der Waals surface area contributed by atoms with Gasteiger partial charge in [0, 0.05) is 13.1 Å². The fraction of sp³-hybridized carbons (Fsp3) is 0.875. The van der Waals surface area contributed by atoms with Crippen LogP contribution in [0.4, 0.5) is 0 Å². The molecule has 1 fully saturated rings. The third-order valence-corrected chi connectivity index (χ3v) is 2.31. The summed E-state index contributed by atoms with van der Waals surface area (Å²) in [5.41, 5.74) is 4.50. The van der Waals surface area contributed by atoms with Crippen molar-refractivity contribution in [2.75, 3.05) is 19.6 Å². The largest absolute Gasteiger partial charge is 0.390 e. The third kappa shape index (κ3) is 2.79. The number of nitrogens with two attached hydrogens (primary N) is 1. The van der Waals surface area contributed by atoms with Crippen LogP contribution in [-0.2, 0) is 4.79 Å². The summed E-state index contributed by atoms with van der Waals surface area (Å²) in [6, 6.07) is 0. The van der Waals surface area contributed by atoms with Crippen molar-refractivity contribution in [1.82, 2.24) is 4.90 Å². The Morgan fingerprint density at radius 2 is 2.08 bits per heavy atom. The molecule has 1 amide bonds. The van der Waals surface area contributed by atoms with Crippen LogP contribution in [0.1, 0.15) is 19.8 Å². The summed E-state index contributed by atoms with van der Waals surface area (Å²) in [5.74, 6) is -0.295. The zero-order chi connectivity index (χ0) is 9.19. The highest BCUT2D eigenvalue weighted by Gasteiger charge is 2.27. The first-order valence-corrected chi connectivity index (χ1v) is 4.23. The highest BCUT2D eigenvalue weighted by Crippen LogP contribution is 2.20. The molecule has 0 aromatic heterocycles. The Morgan fingerprint density at radius 1 is 1.58 bits per heavy atom. The average Bonchev–Trinajstić information content (AvgIpc) is 1.93. The van der Waals surface area contributed by atoms with Crippen molar-refractivity contribution < 1.29 is 9.90 Å². The van der Waals surface area contributed by atoms with Gasteiger partial charge in [0.05, 0.1) is 12.1 Å². The Morgan fingerprint density at radius 3 is 2.50 bits per heavy atom. The molecule has 4 nitrogen and oxygen atoms in total. The maximum absolute atomic E-state index is 10.5. The number of primary amides is 1. The molecule has 1 aliphatic heterocycles. The van der Waals surface area contributed by atoms with Crippen LogP contribution in [0.2, 0.25) is 0 Å². The minimum Gasteiger partial charge on any atom is -0.390 e. The molecule has 0 atom stereocenters. The van der Waals surface area contributed by atoms with E-state index in [0.717, 1.165) is 25.9 Å². The van der Waals surface area contributed by atoms with Gasteiger partial charge in [-0.1, -0.05) is 0 Å². The molecule has 1 aliphatic rings. The highest BCUT2D eigenvalue weighted by atomic mass is 16.3. The number of likely N-dealkylation sites (tertiary alicyclic amines) is 1. The van der Waals surface area contributed by atoms with Gasteiger partial charge in [0.15, 0.2) is 0 Å². The van der Waals surface area contributed by atoms with Gasteiger partial charge in [-0.2, -0.15) is 0 Å². The van der Waals surface area contributed by atoms with E-state index in [1.807, 2.05) is 11.8 Å². The maximum atomic E-state index is 10.5. The van der Waals surface area contributed by atoms with E-state index in [1.165, 1.54) is 0 Å². The van der Waals surface area contributed by atoms with E-state index >= 15 is 0 Å². The van der Waals surface area contributed by atoms with Gasteiger partial charge in [0.1, 0.15) is 0 Å². The van der Waals surface area contributed by atoms with Crippen molar-refractivity contribution in [1.29, 1.82) is 0 Å². The van der Waals surface area contributed by atoms with Gasteiger partial charge in [0.25, 0.3) is 0 Å². The average molecular weight is 172 g/mol. The molecule has 0 radical (unpaired) electrons. The number of aliphatic hydroxyl groups is 1. The predicted molar refractivity (Wildman–Crippen MR) is 45.5 cm³/mol. The smallest absolute Gasteiger partial charge is 0.231 e. The number of piperidine rings is 1. The zero-order valence-corrected chi connectivity index (χ0v) is 7.42. The number of carbonyl (C=O) groups excluding carboxylic acids is 1. The number of carbonyl (C=O) groups is 1. The Hall–Kier alpha value is -0.610. The lowest BCUT2D eigenvalue weighted by Gasteiger charge is -2.34. The summed E-state index contributed by atoms with van der Waals surface area (Å²) >= 11 is 0. The van der Waals surface area contributed by atoms with Crippen LogP contribution in [0.15, 0.2) is 0 Å². The van der Waals surface area contributed by atoms with Crippen molar-refractivity contribution in [2.24, 2.45) is 5.73 Å². The van der Waals surface area contributed by atoms with Crippen molar-refractivity contribution in [3.05, 3.63) is 0 Å². The van der Waals surface area contributed by atoms with E-state index in [9.17, 15) is 9.90 Å². The summed E-state index contributed by atoms with van der Waals surface area (Å²) in [4.78, 5) is 12.5. The van der Waals surface area contributed by atoms with E-state index in [1.54, 1.807) is 0 Å². The molecule has 3 N–H and O–H groups in total. The summed E-state index contributed by atoms with van der Waals surface area (Å²) in [6.45, 7) is 3.66. The third-order valence-electron chi connectivity index (χ3n) is 2.31. The molecule has 0 aromatic carbocycles. The van der Waals surface area contributed by atoms with Gasteiger partial charge in [-0.15, -0.1) is 0 Å². The Labute approximate surface area is 72.3 Å². The topological polar surface area (TPSA) is 66.6 Å². The molecule has 4 heteroatoms. The van der Waals surface area contributed by atoms with Gasteiger partial charge >= 0.3 is 0 Å². The summed E-state index contributed by atoms with van der Waals surface area (Å²) in [6.07, 6.45) is 1.44. The van der Waals surface area contributed by atoms with E-state index in [2.05, 4.69) is 0 Å². The molecule has 1 rings (SSSR count). The number of amides is 1. The fourth-order valence-electron chi connectivity index (χ4n) is 1.41. The van der Waals surface area contributed by atoms with Gasteiger partial charge in [-0.25, -0.2) is 0 Å². The van der Waals surface area contributed by atoms with Crippen LogP contribution in [0.5, 0.6) is 0 Å². The van der Waals surface area contributed by atoms with Crippen LogP contribution in [-0.4, -0.2) is 41.1 Å². The summed E-state index contributed by atoms with van der Waals surface area (Å²) in [5, 5.41) is 9.58. The molecule has 0 spiro atoms. The van der Waals surface area contributed by atoms with Crippen LogP contribution in [0.25, 0.3) is 0 Å². The molecule has 70 valence electrons. The van der Waals surface area contributed by atoms with Crippen molar-refractivity contribution >= 4 is 5.91 Å². The molecule has 1 saturated heterocycles. The van der Waals surface area contributed by atoms with Gasteiger partial charge in [-0.3, -0.25) is 9.69 Å². The Bertz CT molecular complexity index is 170. The molecule has 0 aliphatic carbocycles. The fourth-order valence-corrected chi connectivity index (χ4v) is 1.41. The lowest BCUT2D eigenvalue weighted by atomic mass is 9.94. The number of nitrogens with zero attached hydrogens (tertiary/aromatic N) is 1. The van der Waals surface area contributed by atoms with Crippen LogP contribution >= 0.6 is 0 Å². The van der Waals surface area contributed by atoms with Gasteiger partial charge < -0.3 is 10.8 Å². The maximum Gasteiger partial charge on any atom is 0.231 e. The SMILES string of the molecule is CC1(O)CCN(CC(N)=O)CC1. The van der Waals surface area contributed by atoms with E-state index in [-0.39, 0.29) is 5.91 Å². The summed E-state index contributed by atoms with van der Waals surface area (Å²) in [7, 11) is 0. The molecule has 0 bridgehead atoms. The molecular weight excluding hydrogens is 156 g/mol. The highest BCUT2D eigenvalue weighted by molar-refractivity contribution is 5.75. The standard InChI is InChI=1S/C8H16N2O2/c1-8(12)2-4-10(5-3-8)6-7(9)11/h12H,2-6H2,1H3,(H2,9,11). The predicted octanol–water partition coefficient (Wildman–Crippen LogP) is -0.681. The normalized spacial score (nSPS) is 23.8. The molecule has 0 saturated carbocycles. The number of rotatable bonds is 2. The van der Waals surface area contributed by atoms with Gasteiger partial charge in [-0.05, 0) is 19.8 Å². The quantitative estimate of drug-likeness (QED) is 0.580. The minimum atomic E-state index is -0.547. The van der Waals surface area contributed by atoms with Gasteiger partial charge in [0.2, 0.25) is 5.91 Å². The zero-order valence-electron chi connectivity index (χ0n) is 7.42. The van der Waals surface area contributed by atoms with E-state index in [4.69, 9.17) is 5.73 Å². The first-order valence-electron chi connectivity index (χ1n) is 4.23. The first kappa shape index (κ1) is 9.48. The Balaban J connectivity index is 2.31. The number of hydrogen-bond donors (Lipinski definition) is 2. The van der Waals surface area contributed by atoms with Crippen LogP contribution in [0, 0.1) is 0 Å². The molecule has 0 unspecified atom stereocenters. The molecule has 0 aromatic rings. The second-order valence-corrected chi connectivity index (χ2v) is 3.74. The van der Waals surface area contributed by atoms with Crippen molar-refractivity contribution in [3.63, 3.8) is 0 Å². The monoisotopic (exact) mass is 172 g/mol. The second kappa shape index (κ2) is 3.41. The van der Waals surface area contributed by atoms with Crippen LogP contribution in [0.3, 0.4) is 0 Å². The second-order valence-electron chi connectivity index (χ2n) is 3.74. The molecule has 12 heavy (non-hydrogen) atoms. The van der Waals surface area contributed by atoms with E-state index in [0.29, 0.717) is 6.54 Å². The first-order chi connectivity index (χ1) is 5.49. The minimum absolute atomic E-state index is 0.295. The van der Waals surface area contributed by atoms with Crippen LogP contribution < -0.4 is 5.73 Å². The molecule has 1 heterocycles. The van der Waals surface area contributed by atoms with Crippen molar-refractivity contribution in [2.45, 2.75) is 25.4 Å². The molecular formula is C8H16N2O2. The lowest BCUT2D eigenvalue weighted by molar-refractivity contribution is -0.120. The van der Waals surface area contributed by atoms with E-state index < -0.39 is 5.60 Å². The van der Waals surface area contributed by atoms with Crippen molar-refractivity contribution in [3.8, 4) is 0 Å². The lowest BCUT2D eigenvalue weighted by Crippen LogP contribution is -2.45. The Kier molecular flexibility index (Phi) is 2.69. The summed E-state index contributed by atoms with van der Waals surface area (Å²) < 4.78 is 0.